The van der Waals surface area contributed by atoms with E-state index in [1.54, 1.807) is 6.08 Å². The second kappa shape index (κ2) is 6.93. The first-order valence-electron chi connectivity index (χ1n) is 5.41. The summed E-state index contributed by atoms with van der Waals surface area (Å²) in [7, 11) is 0. The van der Waals surface area contributed by atoms with Gasteiger partial charge >= 0.3 is 5.97 Å². The summed E-state index contributed by atoms with van der Waals surface area (Å²) in [5.74, 6) is -1.64. The first kappa shape index (κ1) is 14.4. The zero-order valence-electron chi connectivity index (χ0n) is 9.92. The molecule has 0 saturated carbocycles. The molecule has 98 valence electrons. The molecule has 1 amide bonds. The van der Waals surface area contributed by atoms with E-state index in [9.17, 15) is 9.59 Å². The maximum atomic E-state index is 11.5. The summed E-state index contributed by atoms with van der Waals surface area (Å²) in [6, 6.07) is 0.880. The van der Waals surface area contributed by atoms with Gasteiger partial charge in [0, 0.05) is 24.0 Å². The first-order chi connectivity index (χ1) is 8.54. The van der Waals surface area contributed by atoms with E-state index in [0.717, 1.165) is 10.4 Å². The van der Waals surface area contributed by atoms with Gasteiger partial charge in [-0.2, -0.15) is 0 Å². The highest BCUT2D eigenvalue weighted by Gasteiger charge is 2.17. The zero-order chi connectivity index (χ0) is 13.5. The van der Waals surface area contributed by atoms with Gasteiger partial charge in [0.15, 0.2) is 0 Å². The van der Waals surface area contributed by atoms with Gasteiger partial charge in [-0.25, -0.2) is 4.79 Å². The number of hydrogen-bond acceptors (Lipinski definition) is 4. The zero-order valence-corrected chi connectivity index (χ0v) is 10.7. The number of carboxylic acids is 1. The highest BCUT2D eigenvalue weighted by atomic mass is 32.1. The van der Waals surface area contributed by atoms with Gasteiger partial charge in [0.25, 0.3) is 0 Å². The van der Waals surface area contributed by atoms with Crippen LogP contribution in [0.15, 0.2) is 17.5 Å². The summed E-state index contributed by atoms with van der Waals surface area (Å²) in [4.78, 5) is 23.2. The Morgan fingerprint density at radius 2 is 2.28 bits per heavy atom. The van der Waals surface area contributed by atoms with Crippen LogP contribution < -0.4 is 5.32 Å². The topological polar surface area (TPSA) is 86.6 Å². The average molecular weight is 269 g/mol. The van der Waals surface area contributed by atoms with Crippen molar-refractivity contribution in [3.05, 3.63) is 28.0 Å². The Labute approximate surface area is 109 Å². The second-order valence-electron chi connectivity index (χ2n) is 3.71. The summed E-state index contributed by atoms with van der Waals surface area (Å²) in [6.07, 6.45) is 2.94. The molecule has 6 heteroatoms. The maximum absolute atomic E-state index is 11.5. The van der Waals surface area contributed by atoms with Gasteiger partial charge in [-0.05, 0) is 30.0 Å². The van der Waals surface area contributed by atoms with E-state index in [1.165, 1.54) is 17.4 Å². The van der Waals surface area contributed by atoms with Gasteiger partial charge in [-0.15, -0.1) is 11.3 Å². The molecule has 0 aliphatic rings. The van der Waals surface area contributed by atoms with Crippen molar-refractivity contribution in [3.8, 4) is 0 Å². The molecule has 0 aliphatic heterocycles. The number of carboxylic acid groups (broad SMARTS) is 1. The van der Waals surface area contributed by atoms with Crippen molar-refractivity contribution < 1.29 is 19.8 Å². The van der Waals surface area contributed by atoms with Crippen LogP contribution in [-0.2, 0) is 9.59 Å². The number of thiophene rings is 1. The van der Waals surface area contributed by atoms with E-state index in [0.29, 0.717) is 0 Å². The molecule has 5 nitrogen and oxygen atoms in total. The molecule has 1 unspecified atom stereocenters. The molecule has 0 aliphatic carbocycles. The summed E-state index contributed by atoms with van der Waals surface area (Å²) in [5, 5.41) is 21.7. The summed E-state index contributed by atoms with van der Waals surface area (Å²) in [6.45, 7) is 1.64. The number of nitrogens with one attached hydrogen (secondary N) is 1. The lowest BCUT2D eigenvalue weighted by Crippen LogP contribution is -2.40. The number of aryl methyl sites for hydroxylation is 1. The molecule has 1 aromatic rings. The number of rotatable bonds is 6. The lowest BCUT2D eigenvalue weighted by atomic mass is 10.2. The minimum absolute atomic E-state index is 0.00700. The third kappa shape index (κ3) is 4.31. The number of hydrogen-bond donors (Lipinski definition) is 3. The van der Waals surface area contributed by atoms with Crippen molar-refractivity contribution in [3.63, 3.8) is 0 Å². The van der Waals surface area contributed by atoms with Crippen molar-refractivity contribution >= 4 is 29.3 Å². The number of aliphatic hydroxyl groups excluding tert-OH is 1. The normalized spacial score (nSPS) is 12.6. The number of amides is 1. The van der Waals surface area contributed by atoms with Crippen molar-refractivity contribution in [2.24, 2.45) is 0 Å². The van der Waals surface area contributed by atoms with Crippen molar-refractivity contribution in [2.75, 3.05) is 6.61 Å². The number of aliphatic hydroxyl groups is 1. The Kier molecular flexibility index (Phi) is 5.54. The van der Waals surface area contributed by atoms with E-state index in [4.69, 9.17) is 10.2 Å². The van der Waals surface area contributed by atoms with Gasteiger partial charge in [0.1, 0.15) is 6.04 Å². The fraction of sp³-hybridized carbons (Fsp3) is 0.333. The molecule has 1 rings (SSSR count). The molecule has 18 heavy (non-hydrogen) atoms. The lowest BCUT2D eigenvalue weighted by molar-refractivity contribution is -0.141. The molecular weight excluding hydrogens is 254 g/mol. The molecule has 0 bridgehead atoms. The molecule has 0 fully saturated rings. The van der Waals surface area contributed by atoms with Gasteiger partial charge in [-0.3, -0.25) is 4.79 Å². The van der Waals surface area contributed by atoms with E-state index in [1.807, 2.05) is 18.4 Å². The average Bonchev–Trinajstić information content (AvgIpc) is 2.71. The smallest absolute Gasteiger partial charge is 0.326 e. The van der Waals surface area contributed by atoms with Crippen molar-refractivity contribution in [1.82, 2.24) is 5.32 Å². The molecule has 0 spiro atoms. The van der Waals surface area contributed by atoms with Gasteiger partial charge in [0.05, 0.1) is 0 Å². The summed E-state index contributed by atoms with van der Waals surface area (Å²) in [5.41, 5.74) is 1.06. The number of aliphatic carboxylic acids is 1. The predicted octanol–water partition coefficient (Wildman–Crippen LogP) is 1.02. The molecule has 0 radical (unpaired) electrons. The molecule has 1 heterocycles. The maximum Gasteiger partial charge on any atom is 0.326 e. The van der Waals surface area contributed by atoms with Crippen LogP contribution in [0.3, 0.4) is 0 Å². The van der Waals surface area contributed by atoms with Gasteiger partial charge in [-0.1, -0.05) is 0 Å². The quantitative estimate of drug-likeness (QED) is 0.673. The molecule has 0 aromatic carbocycles. The second-order valence-corrected chi connectivity index (χ2v) is 4.66. The minimum Gasteiger partial charge on any atom is -0.480 e. The van der Waals surface area contributed by atoms with Crippen LogP contribution in [0.1, 0.15) is 16.9 Å². The highest BCUT2D eigenvalue weighted by molar-refractivity contribution is 7.11. The van der Waals surface area contributed by atoms with Crippen LogP contribution in [0.5, 0.6) is 0 Å². The third-order valence-corrected chi connectivity index (χ3v) is 3.30. The highest BCUT2D eigenvalue weighted by Crippen LogP contribution is 2.16. The Hall–Kier alpha value is -1.66. The Morgan fingerprint density at radius 3 is 2.78 bits per heavy atom. The summed E-state index contributed by atoms with van der Waals surface area (Å²) >= 11 is 1.50. The van der Waals surface area contributed by atoms with Crippen molar-refractivity contribution in [2.45, 2.75) is 19.4 Å². The number of carbonyl (C=O) groups excluding carboxylic acids is 1. The first-order valence-corrected chi connectivity index (χ1v) is 6.29. The van der Waals surface area contributed by atoms with Gasteiger partial charge < -0.3 is 15.5 Å². The summed E-state index contributed by atoms with van der Waals surface area (Å²) < 4.78 is 0. The largest absolute Gasteiger partial charge is 0.480 e. The Morgan fingerprint density at radius 1 is 1.56 bits per heavy atom. The van der Waals surface area contributed by atoms with Crippen LogP contribution in [-0.4, -0.2) is 34.7 Å². The standard InChI is InChI=1S/C12H15NO4S/c1-8-5-7-18-10(8)2-3-11(15)13-9(4-6-14)12(16)17/h2-3,5,7,9,14H,4,6H2,1H3,(H,13,15)(H,16,17)/b3-2+. The number of carbonyl (C=O) groups is 2. The van der Waals surface area contributed by atoms with E-state index < -0.39 is 17.9 Å². The van der Waals surface area contributed by atoms with Crippen LogP contribution in [0, 0.1) is 6.92 Å². The third-order valence-electron chi connectivity index (χ3n) is 2.32. The fourth-order valence-electron chi connectivity index (χ4n) is 1.31. The van der Waals surface area contributed by atoms with Crippen molar-refractivity contribution in [1.29, 1.82) is 0 Å². The van der Waals surface area contributed by atoms with Crippen LogP contribution in [0.2, 0.25) is 0 Å². The van der Waals surface area contributed by atoms with Crippen LogP contribution in [0.4, 0.5) is 0 Å². The van der Waals surface area contributed by atoms with E-state index >= 15 is 0 Å². The fourth-order valence-corrected chi connectivity index (χ4v) is 2.13. The Balaban J connectivity index is 2.58. The van der Waals surface area contributed by atoms with Crippen LogP contribution >= 0.6 is 11.3 Å². The molecule has 1 aromatic heterocycles. The molecule has 1 atom stereocenters. The molecular formula is C12H15NO4S. The predicted molar refractivity (Wildman–Crippen MR) is 69.4 cm³/mol. The SMILES string of the molecule is Cc1ccsc1/C=C/C(=O)NC(CCO)C(=O)O. The lowest BCUT2D eigenvalue weighted by Gasteiger charge is -2.11. The van der Waals surface area contributed by atoms with Gasteiger partial charge in [0.2, 0.25) is 5.91 Å². The minimum atomic E-state index is -1.15. The monoisotopic (exact) mass is 269 g/mol. The molecule has 3 N–H and O–H groups in total. The van der Waals surface area contributed by atoms with E-state index in [2.05, 4.69) is 5.32 Å². The molecule has 0 saturated heterocycles. The Bertz CT molecular complexity index is 453. The van der Waals surface area contributed by atoms with Crippen LogP contribution in [0.25, 0.3) is 6.08 Å². The van der Waals surface area contributed by atoms with E-state index in [-0.39, 0.29) is 13.0 Å².